The molecule has 0 spiro atoms. The molecule has 1 radical (unpaired) electrons. The molecule has 0 amide bonds. The molecule has 0 fully saturated rings. The molecule has 0 heterocycles. The van der Waals surface area contributed by atoms with Crippen LogP contribution in [0.1, 0.15) is 20.3 Å². The molecule has 0 aliphatic rings. The van der Waals surface area contributed by atoms with E-state index in [9.17, 15) is 0 Å². The minimum absolute atomic E-state index is 0. The minimum Gasteiger partial charge on any atom is -0.361 e. The van der Waals surface area contributed by atoms with Gasteiger partial charge in [0.2, 0.25) is 0 Å². The molecule has 1 unspecified atom stereocenters. The predicted octanol–water partition coefficient (Wildman–Crippen LogP) is 2.60. The van der Waals surface area contributed by atoms with Crippen molar-refractivity contribution in [1.29, 1.82) is 0 Å². The molecule has 53 valence electrons. The van der Waals surface area contributed by atoms with Gasteiger partial charge in [-0.2, -0.15) is 0 Å². The summed E-state index contributed by atoms with van der Waals surface area (Å²) in [6.07, 6.45) is 1.24. The van der Waals surface area contributed by atoms with E-state index in [1.165, 1.54) is 6.42 Å². The van der Waals surface area contributed by atoms with Crippen molar-refractivity contribution in [3.63, 3.8) is 0 Å². The van der Waals surface area contributed by atoms with E-state index in [4.69, 9.17) is 0 Å². The van der Waals surface area contributed by atoms with Gasteiger partial charge in [0.1, 0.15) is 0 Å². The predicted molar refractivity (Wildman–Crippen MR) is 44.5 cm³/mol. The summed E-state index contributed by atoms with van der Waals surface area (Å²) in [6, 6.07) is 0. The van der Waals surface area contributed by atoms with Crippen molar-refractivity contribution in [3.8, 4) is 0 Å². The van der Waals surface area contributed by atoms with Crippen LogP contribution in [0.2, 0.25) is 0 Å². The average Bonchev–Trinajstić information content (AvgIpc) is 1.83. The number of hydrogen-bond donors (Lipinski definition) is 0. The first-order chi connectivity index (χ1) is 3.81. The smallest absolute Gasteiger partial charge is 0 e. The second-order valence-electron chi connectivity index (χ2n) is 1.91. The molecule has 0 aromatic carbocycles. The Kier molecular flexibility index (Phi) is 12.7. The molecule has 0 aliphatic carbocycles. The first-order valence-corrected chi connectivity index (χ1v) is 4.19. The van der Waals surface area contributed by atoms with Gasteiger partial charge in [0.05, 0.1) is 0 Å². The van der Waals surface area contributed by atoms with Crippen LogP contribution in [-0.2, 0) is 18.6 Å². The van der Waals surface area contributed by atoms with Gasteiger partial charge in [-0.1, -0.05) is 20.3 Å². The van der Waals surface area contributed by atoms with E-state index in [2.05, 4.69) is 30.8 Å². The second kappa shape index (κ2) is 9.02. The van der Waals surface area contributed by atoms with E-state index in [0.29, 0.717) is 0 Å². The van der Waals surface area contributed by atoms with E-state index < -0.39 is 0 Å². The van der Waals surface area contributed by atoms with Crippen LogP contribution in [0.3, 0.4) is 0 Å². The van der Waals surface area contributed by atoms with Crippen molar-refractivity contribution in [2.45, 2.75) is 20.3 Å². The van der Waals surface area contributed by atoms with Gasteiger partial charge < -0.3 is 28.7 Å². The minimum atomic E-state index is 0. The van der Waals surface area contributed by atoms with Crippen LogP contribution in [0.5, 0.6) is 0 Å². The summed E-state index contributed by atoms with van der Waals surface area (Å²) >= 11 is 6.14. The van der Waals surface area contributed by atoms with Gasteiger partial charge >= 0.3 is 0 Å². The third-order valence-electron chi connectivity index (χ3n) is 1.12. The van der Waals surface area contributed by atoms with Gasteiger partial charge in [0.25, 0.3) is 0 Å². The largest absolute Gasteiger partial charge is 0.361 e. The third kappa shape index (κ3) is 9.02. The van der Waals surface area contributed by atoms with Crippen molar-refractivity contribution in [2.75, 3.05) is 5.75 Å². The van der Waals surface area contributed by atoms with Gasteiger partial charge in [-0.15, -0.1) is 0 Å². The SMILES string of the molecule is CCC(C)CS[C-]=S.[V]. The molecule has 0 N–H and O–H groups in total. The zero-order valence-electron chi connectivity index (χ0n) is 5.76. The number of hydrogen-bond acceptors (Lipinski definition) is 2. The summed E-state index contributed by atoms with van der Waals surface area (Å²) in [7, 11) is 0. The summed E-state index contributed by atoms with van der Waals surface area (Å²) in [5.74, 6) is 1.91. The van der Waals surface area contributed by atoms with Crippen LogP contribution in [0.25, 0.3) is 0 Å². The fourth-order valence-electron chi connectivity index (χ4n) is 0.294. The summed E-state index contributed by atoms with van der Waals surface area (Å²) in [4.78, 5) is 0. The Balaban J connectivity index is 0. The molecular weight excluding hydrogens is 187 g/mol. The zero-order valence-corrected chi connectivity index (χ0v) is 8.78. The zero-order chi connectivity index (χ0) is 6.41. The number of thiocarbonyl (C=S) groups is 1. The van der Waals surface area contributed by atoms with Gasteiger partial charge in [0.15, 0.2) is 0 Å². The summed E-state index contributed by atoms with van der Waals surface area (Å²) < 4.78 is 2.63. The topological polar surface area (TPSA) is 0 Å². The van der Waals surface area contributed by atoms with E-state index in [0.717, 1.165) is 11.7 Å². The fraction of sp³-hybridized carbons (Fsp3) is 0.833. The maximum absolute atomic E-state index is 4.53. The van der Waals surface area contributed by atoms with Crippen molar-refractivity contribution in [1.82, 2.24) is 0 Å². The molecule has 0 saturated carbocycles. The summed E-state index contributed by atoms with van der Waals surface area (Å²) in [6.45, 7) is 4.41. The standard InChI is InChI=1S/C6H11S2.V/c1-3-6(2)4-8-5-7;/h6H,3-4H2,1-2H3;/q-1;. The van der Waals surface area contributed by atoms with Crippen molar-refractivity contribution < 1.29 is 18.6 Å². The van der Waals surface area contributed by atoms with Crippen LogP contribution in [0.15, 0.2) is 0 Å². The summed E-state index contributed by atoms with van der Waals surface area (Å²) in [5, 5.41) is 0. The van der Waals surface area contributed by atoms with Crippen LogP contribution >= 0.6 is 24.0 Å². The molecule has 0 nitrogen and oxygen atoms in total. The third-order valence-corrected chi connectivity index (χ3v) is 2.33. The molecule has 1 atom stereocenters. The first-order valence-electron chi connectivity index (χ1n) is 2.80. The Morgan fingerprint density at radius 3 is 2.56 bits per heavy atom. The summed E-state index contributed by atoms with van der Waals surface area (Å²) in [5.41, 5.74) is 0. The maximum Gasteiger partial charge on any atom is 0 e. The van der Waals surface area contributed by atoms with Crippen LogP contribution in [-0.4, -0.2) is 10.5 Å². The molecule has 0 aromatic heterocycles. The Labute approximate surface area is 79.1 Å². The monoisotopic (exact) mass is 198 g/mol. The van der Waals surface area contributed by atoms with E-state index >= 15 is 0 Å². The van der Waals surface area contributed by atoms with Crippen molar-refractivity contribution >= 4 is 28.7 Å². The maximum atomic E-state index is 4.53. The first kappa shape index (κ1) is 12.7. The molecular formula is C6H11S2V-. The Bertz CT molecular complexity index is 66.1. The van der Waals surface area contributed by atoms with Crippen molar-refractivity contribution in [3.05, 3.63) is 0 Å². The Morgan fingerprint density at radius 2 is 2.22 bits per heavy atom. The van der Waals surface area contributed by atoms with Gasteiger partial charge in [-0.05, 0) is 11.7 Å². The van der Waals surface area contributed by atoms with E-state index in [1.54, 1.807) is 11.8 Å². The Morgan fingerprint density at radius 1 is 1.67 bits per heavy atom. The molecule has 0 rings (SSSR count). The average molecular weight is 198 g/mol. The molecule has 3 heteroatoms. The second-order valence-corrected chi connectivity index (χ2v) is 3.20. The Hall–Kier alpha value is 1.02. The molecule has 0 aromatic rings. The van der Waals surface area contributed by atoms with Crippen LogP contribution < -0.4 is 0 Å². The molecule has 0 bridgehead atoms. The molecule has 0 saturated heterocycles. The molecule has 9 heavy (non-hydrogen) atoms. The van der Waals surface area contributed by atoms with Gasteiger partial charge in [-0.3, -0.25) is 0 Å². The van der Waals surface area contributed by atoms with Crippen LogP contribution in [0.4, 0.5) is 0 Å². The fourth-order valence-corrected chi connectivity index (χ4v) is 1.09. The van der Waals surface area contributed by atoms with E-state index in [-0.39, 0.29) is 18.6 Å². The van der Waals surface area contributed by atoms with Gasteiger partial charge in [0, 0.05) is 18.6 Å². The quantitative estimate of drug-likeness (QED) is 0.503. The van der Waals surface area contributed by atoms with Crippen molar-refractivity contribution in [2.24, 2.45) is 5.92 Å². The normalized spacial score (nSPS) is 11.8. The molecule has 0 aliphatic heterocycles. The van der Waals surface area contributed by atoms with E-state index in [1.807, 2.05) is 0 Å². The number of thioether (sulfide) groups is 1. The van der Waals surface area contributed by atoms with Gasteiger partial charge in [-0.25, -0.2) is 0 Å². The number of rotatable bonds is 4. The van der Waals surface area contributed by atoms with Crippen LogP contribution in [0, 0.1) is 5.92 Å².